The number of aryl methyl sites for hydroxylation is 1. The molecule has 32 heavy (non-hydrogen) atoms. The topological polar surface area (TPSA) is 79.6 Å². The van der Waals surface area contributed by atoms with E-state index in [4.69, 9.17) is 9.73 Å². The first kappa shape index (κ1) is 29.1. The smallest absolute Gasteiger partial charge is 0.191 e. The van der Waals surface area contributed by atoms with Gasteiger partial charge in [0, 0.05) is 44.7 Å². The molecule has 1 saturated heterocycles. The van der Waals surface area contributed by atoms with E-state index in [9.17, 15) is 0 Å². The largest absolute Gasteiger partial charge is 0.379 e. The van der Waals surface area contributed by atoms with Crippen LogP contribution in [0.3, 0.4) is 0 Å². The van der Waals surface area contributed by atoms with E-state index >= 15 is 0 Å². The monoisotopic (exact) mass is 563 g/mol. The summed E-state index contributed by atoms with van der Waals surface area (Å²) in [5, 5.41) is 15.4. The highest BCUT2D eigenvalue weighted by Gasteiger charge is 2.28. The van der Waals surface area contributed by atoms with E-state index in [-0.39, 0.29) is 29.5 Å². The lowest BCUT2D eigenvalue weighted by atomic mass is 9.99. The van der Waals surface area contributed by atoms with Gasteiger partial charge in [-0.25, -0.2) is 0 Å². The number of morpholine rings is 1. The Hall–Kier alpha value is -0.940. The SMILES string of the molecule is CCCCC(CC)CNC(=NCC(C)(C)N1CCOCC1)NCCn1cnnc1CC.I. The molecule has 2 N–H and O–H groups in total. The van der Waals surface area contributed by atoms with Gasteiger partial charge < -0.3 is 19.9 Å². The van der Waals surface area contributed by atoms with Gasteiger partial charge in [-0.2, -0.15) is 0 Å². The maximum Gasteiger partial charge on any atom is 0.191 e. The molecule has 1 aliphatic heterocycles. The first-order chi connectivity index (χ1) is 15.0. The number of aliphatic imine (C=N–C) groups is 1. The van der Waals surface area contributed by atoms with Crippen LogP contribution >= 0.6 is 24.0 Å². The summed E-state index contributed by atoms with van der Waals surface area (Å²) < 4.78 is 7.63. The molecule has 0 aliphatic carbocycles. The molecule has 0 saturated carbocycles. The normalized spacial score (nSPS) is 16.5. The van der Waals surface area contributed by atoms with Gasteiger partial charge >= 0.3 is 0 Å². The molecular formula is C23H46IN7O. The maximum absolute atomic E-state index is 5.52. The predicted octanol–water partition coefficient (Wildman–Crippen LogP) is 3.32. The first-order valence-electron chi connectivity index (χ1n) is 12.2. The molecule has 1 fully saturated rings. The van der Waals surface area contributed by atoms with Crippen LogP contribution in [0.25, 0.3) is 0 Å². The van der Waals surface area contributed by atoms with E-state index < -0.39 is 0 Å². The molecule has 0 spiro atoms. The van der Waals surface area contributed by atoms with Gasteiger partial charge in [-0.15, -0.1) is 34.2 Å². The van der Waals surface area contributed by atoms with Gasteiger partial charge in [-0.05, 0) is 26.2 Å². The Morgan fingerprint density at radius 1 is 1.22 bits per heavy atom. The Kier molecular flexibility index (Phi) is 14.4. The number of halogens is 1. The molecule has 186 valence electrons. The lowest BCUT2D eigenvalue weighted by Crippen LogP contribution is -2.52. The Bertz CT molecular complexity index is 644. The predicted molar refractivity (Wildman–Crippen MR) is 143 cm³/mol. The van der Waals surface area contributed by atoms with Gasteiger partial charge in [-0.1, -0.05) is 40.0 Å². The van der Waals surface area contributed by atoms with Crippen LogP contribution in [0.2, 0.25) is 0 Å². The average molecular weight is 564 g/mol. The fourth-order valence-electron chi connectivity index (χ4n) is 3.93. The highest BCUT2D eigenvalue weighted by molar-refractivity contribution is 14.0. The second-order valence-corrected chi connectivity index (χ2v) is 9.09. The Labute approximate surface area is 212 Å². The van der Waals surface area contributed by atoms with Gasteiger partial charge in [0.15, 0.2) is 5.96 Å². The van der Waals surface area contributed by atoms with Gasteiger partial charge in [0.1, 0.15) is 12.2 Å². The summed E-state index contributed by atoms with van der Waals surface area (Å²) in [6.07, 6.45) is 7.71. The van der Waals surface area contributed by atoms with Crippen molar-refractivity contribution in [1.29, 1.82) is 0 Å². The number of aromatic nitrogens is 3. The van der Waals surface area contributed by atoms with Gasteiger partial charge in [0.2, 0.25) is 0 Å². The molecule has 1 aliphatic rings. The zero-order valence-electron chi connectivity index (χ0n) is 20.9. The summed E-state index contributed by atoms with van der Waals surface area (Å²) in [5.41, 5.74) is 0.00834. The van der Waals surface area contributed by atoms with Crippen molar-refractivity contribution < 1.29 is 4.74 Å². The van der Waals surface area contributed by atoms with Crippen LogP contribution in [0.5, 0.6) is 0 Å². The molecule has 0 radical (unpaired) electrons. The van der Waals surface area contributed by atoms with Crippen LogP contribution in [-0.4, -0.2) is 77.1 Å². The minimum Gasteiger partial charge on any atom is -0.379 e. The average Bonchev–Trinajstić information content (AvgIpc) is 3.25. The van der Waals surface area contributed by atoms with E-state index in [1.807, 2.05) is 6.33 Å². The number of ether oxygens (including phenoxy) is 1. The molecular weight excluding hydrogens is 517 g/mol. The molecule has 9 heteroatoms. The third kappa shape index (κ3) is 9.91. The molecule has 1 unspecified atom stereocenters. The third-order valence-electron chi connectivity index (χ3n) is 6.25. The minimum absolute atomic E-state index is 0. The van der Waals surface area contributed by atoms with Crippen molar-refractivity contribution in [2.24, 2.45) is 10.9 Å². The minimum atomic E-state index is 0. The zero-order valence-corrected chi connectivity index (χ0v) is 23.2. The fraction of sp³-hybridized carbons (Fsp3) is 0.870. The summed E-state index contributed by atoms with van der Waals surface area (Å²) in [7, 11) is 0. The van der Waals surface area contributed by atoms with Crippen molar-refractivity contribution in [2.45, 2.75) is 78.8 Å². The molecule has 1 aromatic heterocycles. The number of hydrogen-bond acceptors (Lipinski definition) is 5. The molecule has 8 nitrogen and oxygen atoms in total. The highest BCUT2D eigenvalue weighted by atomic mass is 127. The van der Waals surface area contributed by atoms with E-state index in [2.05, 4.69) is 64.9 Å². The number of rotatable bonds is 13. The summed E-state index contributed by atoms with van der Waals surface area (Å²) in [6, 6.07) is 0. The number of guanidine groups is 1. The van der Waals surface area contributed by atoms with Crippen LogP contribution in [0.15, 0.2) is 11.3 Å². The Balaban J connectivity index is 0.00000512. The van der Waals surface area contributed by atoms with E-state index in [1.54, 1.807) is 0 Å². The zero-order chi connectivity index (χ0) is 22.5. The van der Waals surface area contributed by atoms with Crippen LogP contribution in [0, 0.1) is 5.92 Å². The first-order valence-corrected chi connectivity index (χ1v) is 12.2. The van der Waals surface area contributed by atoms with Crippen LogP contribution in [-0.2, 0) is 17.7 Å². The van der Waals surface area contributed by atoms with Crippen molar-refractivity contribution in [1.82, 2.24) is 30.3 Å². The highest BCUT2D eigenvalue weighted by Crippen LogP contribution is 2.16. The van der Waals surface area contributed by atoms with E-state index in [0.717, 1.165) is 70.7 Å². The molecule has 0 aromatic carbocycles. The van der Waals surface area contributed by atoms with E-state index in [0.29, 0.717) is 5.92 Å². The molecule has 2 rings (SSSR count). The lowest BCUT2D eigenvalue weighted by molar-refractivity contribution is -0.00684. The fourth-order valence-corrected chi connectivity index (χ4v) is 3.93. The van der Waals surface area contributed by atoms with Gasteiger partial charge in [0.05, 0.1) is 19.8 Å². The van der Waals surface area contributed by atoms with E-state index in [1.165, 1.54) is 25.7 Å². The van der Waals surface area contributed by atoms with Crippen LogP contribution in [0.1, 0.15) is 66.1 Å². The second kappa shape index (κ2) is 15.8. The number of hydrogen-bond donors (Lipinski definition) is 2. The maximum atomic E-state index is 5.52. The Morgan fingerprint density at radius 2 is 1.97 bits per heavy atom. The van der Waals surface area contributed by atoms with Gasteiger partial charge in [0.25, 0.3) is 0 Å². The van der Waals surface area contributed by atoms with Crippen molar-refractivity contribution in [3.05, 3.63) is 12.2 Å². The van der Waals surface area contributed by atoms with Crippen LogP contribution < -0.4 is 10.6 Å². The van der Waals surface area contributed by atoms with Crippen LogP contribution in [0.4, 0.5) is 0 Å². The number of nitrogens with one attached hydrogen (secondary N) is 2. The molecule has 1 atom stereocenters. The summed E-state index contributed by atoms with van der Waals surface area (Å²) >= 11 is 0. The standard InChI is InChI=1S/C23H45N7O.HI/c1-6-9-10-20(7-2)17-25-22(24-11-12-29-19-27-28-21(29)8-3)26-18-23(4,5)30-13-15-31-16-14-30;/h19-20H,6-18H2,1-5H3,(H2,24,25,26);1H. The molecule has 1 aromatic rings. The van der Waals surface area contributed by atoms with Crippen molar-refractivity contribution in [2.75, 3.05) is 45.9 Å². The third-order valence-corrected chi connectivity index (χ3v) is 6.25. The van der Waals surface area contributed by atoms with Crippen molar-refractivity contribution in [3.63, 3.8) is 0 Å². The Morgan fingerprint density at radius 3 is 2.62 bits per heavy atom. The molecule has 2 heterocycles. The summed E-state index contributed by atoms with van der Waals surface area (Å²) in [6.45, 7) is 18.1. The molecule has 0 amide bonds. The van der Waals surface area contributed by atoms with Crippen molar-refractivity contribution >= 4 is 29.9 Å². The summed E-state index contributed by atoms with van der Waals surface area (Å²) in [5.74, 6) is 2.61. The second-order valence-electron chi connectivity index (χ2n) is 9.09. The quantitative estimate of drug-likeness (QED) is 0.218. The number of nitrogens with zero attached hydrogens (tertiary/aromatic N) is 5. The lowest BCUT2D eigenvalue weighted by Gasteiger charge is -2.40. The number of unbranched alkanes of at least 4 members (excludes halogenated alkanes) is 1. The molecule has 0 bridgehead atoms. The van der Waals surface area contributed by atoms with Gasteiger partial charge in [-0.3, -0.25) is 9.89 Å². The summed E-state index contributed by atoms with van der Waals surface area (Å²) in [4.78, 5) is 7.47. The van der Waals surface area contributed by atoms with Crippen molar-refractivity contribution in [3.8, 4) is 0 Å².